The molecule has 2 amide bonds. The fourth-order valence-electron chi connectivity index (χ4n) is 4.63. The van der Waals surface area contributed by atoms with Gasteiger partial charge in [0, 0.05) is 50.2 Å². The average molecular weight is 399 g/mol. The van der Waals surface area contributed by atoms with E-state index in [-0.39, 0.29) is 29.7 Å². The number of nitrogens with zero attached hydrogens (tertiary/aromatic N) is 7. The Morgan fingerprint density at radius 1 is 1.21 bits per heavy atom. The Bertz CT molecular complexity index is 940. The molecule has 2 unspecified atom stereocenters. The maximum Gasteiger partial charge on any atom is 0.293 e. The second-order valence-corrected chi connectivity index (χ2v) is 7.94. The highest BCUT2D eigenvalue weighted by molar-refractivity contribution is 5.91. The predicted molar refractivity (Wildman–Crippen MR) is 108 cm³/mol. The summed E-state index contributed by atoms with van der Waals surface area (Å²) < 4.78 is 1.62. The Hall–Kier alpha value is -2.55. The van der Waals surface area contributed by atoms with Gasteiger partial charge in [-0.1, -0.05) is 0 Å². The molecule has 0 spiro atoms. The topological polar surface area (TPSA) is 86.9 Å². The van der Waals surface area contributed by atoms with Gasteiger partial charge < -0.3 is 9.80 Å². The van der Waals surface area contributed by atoms with E-state index in [2.05, 4.69) is 20.0 Å². The number of aryl methyl sites for hydroxylation is 2. The molecular formula is C20H29N7O2. The molecule has 2 saturated heterocycles. The Morgan fingerprint density at radius 2 is 2.00 bits per heavy atom. The highest BCUT2D eigenvalue weighted by Crippen LogP contribution is 2.25. The highest BCUT2D eigenvalue weighted by Gasteiger charge is 2.40. The monoisotopic (exact) mass is 399 g/mol. The molecule has 9 heteroatoms. The number of hydrogen-bond donors (Lipinski definition) is 0. The second kappa shape index (κ2) is 7.70. The van der Waals surface area contributed by atoms with E-state index in [0.29, 0.717) is 12.3 Å². The van der Waals surface area contributed by atoms with E-state index in [0.717, 1.165) is 50.4 Å². The van der Waals surface area contributed by atoms with Gasteiger partial charge in [-0.3, -0.25) is 14.5 Å². The summed E-state index contributed by atoms with van der Waals surface area (Å²) in [5, 5.41) is 4.40. The van der Waals surface area contributed by atoms with E-state index in [1.807, 2.05) is 43.6 Å². The number of amides is 2. The number of likely N-dealkylation sites (tertiary alicyclic amines) is 2. The first-order valence-electron chi connectivity index (χ1n) is 10.5. The number of likely N-dealkylation sites (N-methyl/N-ethyl adjacent to an activating group) is 2. The lowest BCUT2D eigenvalue weighted by molar-refractivity contribution is -0.131. The van der Waals surface area contributed by atoms with Gasteiger partial charge in [-0.15, -0.1) is 5.10 Å². The van der Waals surface area contributed by atoms with Gasteiger partial charge >= 0.3 is 0 Å². The van der Waals surface area contributed by atoms with E-state index in [4.69, 9.17) is 0 Å². The fourth-order valence-corrected chi connectivity index (χ4v) is 4.63. The molecule has 9 nitrogen and oxygen atoms in total. The number of carbonyl (C=O) groups excluding carboxylic acids is 2. The van der Waals surface area contributed by atoms with Gasteiger partial charge in [-0.2, -0.15) is 4.98 Å². The van der Waals surface area contributed by atoms with Crippen LogP contribution in [0.3, 0.4) is 0 Å². The van der Waals surface area contributed by atoms with Crippen molar-refractivity contribution < 1.29 is 9.59 Å². The van der Waals surface area contributed by atoms with Crippen LogP contribution in [0.25, 0.3) is 5.78 Å². The van der Waals surface area contributed by atoms with Crippen molar-refractivity contribution in [3.8, 4) is 0 Å². The molecule has 0 radical (unpaired) electrons. The number of rotatable bonds is 5. The molecule has 0 bridgehead atoms. The van der Waals surface area contributed by atoms with Crippen LogP contribution in [0.5, 0.6) is 0 Å². The minimum Gasteiger partial charge on any atom is -0.342 e. The van der Waals surface area contributed by atoms with Crippen LogP contribution in [0.15, 0.2) is 6.07 Å². The Kier molecular flexibility index (Phi) is 5.24. The zero-order valence-corrected chi connectivity index (χ0v) is 17.6. The van der Waals surface area contributed by atoms with Crippen LogP contribution in [0, 0.1) is 13.8 Å². The van der Waals surface area contributed by atoms with Crippen molar-refractivity contribution in [2.45, 2.75) is 52.6 Å². The third kappa shape index (κ3) is 3.48. The van der Waals surface area contributed by atoms with Crippen molar-refractivity contribution in [1.82, 2.24) is 34.3 Å². The summed E-state index contributed by atoms with van der Waals surface area (Å²) >= 11 is 0. The van der Waals surface area contributed by atoms with Crippen LogP contribution in [-0.2, 0) is 4.79 Å². The van der Waals surface area contributed by atoms with E-state index in [9.17, 15) is 9.59 Å². The van der Waals surface area contributed by atoms with Gasteiger partial charge in [0.2, 0.25) is 11.7 Å². The maximum absolute atomic E-state index is 13.2. The summed E-state index contributed by atoms with van der Waals surface area (Å²) in [7, 11) is 0. The van der Waals surface area contributed by atoms with Crippen LogP contribution in [0.4, 0.5) is 0 Å². The van der Waals surface area contributed by atoms with E-state index in [1.54, 1.807) is 4.52 Å². The van der Waals surface area contributed by atoms with Gasteiger partial charge in [0.25, 0.3) is 11.7 Å². The SMILES string of the molecule is CCN1CCC(N2CCC(N(CC)C(=O)c3nc4nc(C)cc(C)n4n3)C2)C1=O. The van der Waals surface area contributed by atoms with Gasteiger partial charge in [-0.05, 0) is 46.6 Å². The zero-order chi connectivity index (χ0) is 20.7. The van der Waals surface area contributed by atoms with Gasteiger partial charge in [0.1, 0.15) is 0 Å². The van der Waals surface area contributed by atoms with Crippen molar-refractivity contribution in [2.75, 3.05) is 32.7 Å². The Morgan fingerprint density at radius 3 is 2.69 bits per heavy atom. The molecule has 4 heterocycles. The number of carbonyl (C=O) groups is 2. The lowest BCUT2D eigenvalue weighted by atomic mass is 10.2. The normalized spacial score (nSPS) is 22.8. The molecule has 0 N–H and O–H groups in total. The van der Waals surface area contributed by atoms with Crippen molar-refractivity contribution in [3.63, 3.8) is 0 Å². The van der Waals surface area contributed by atoms with Crippen LogP contribution >= 0.6 is 0 Å². The molecule has 0 aromatic carbocycles. The molecule has 29 heavy (non-hydrogen) atoms. The summed E-state index contributed by atoms with van der Waals surface area (Å²) in [6, 6.07) is 1.94. The van der Waals surface area contributed by atoms with Crippen LogP contribution in [0.1, 0.15) is 48.7 Å². The van der Waals surface area contributed by atoms with Crippen molar-refractivity contribution in [3.05, 3.63) is 23.3 Å². The summed E-state index contributed by atoms with van der Waals surface area (Å²) in [5.41, 5.74) is 1.75. The first-order chi connectivity index (χ1) is 13.9. The molecule has 2 aliphatic heterocycles. The maximum atomic E-state index is 13.2. The average Bonchev–Trinajstić information content (AvgIpc) is 3.40. The first kappa shape index (κ1) is 19.8. The minimum atomic E-state index is -0.171. The molecule has 4 rings (SSSR count). The minimum absolute atomic E-state index is 0.0445. The van der Waals surface area contributed by atoms with Gasteiger partial charge in [0.05, 0.1) is 6.04 Å². The molecular weight excluding hydrogens is 370 g/mol. The van der Waals surface area contributed by atoms with Crippen molar-refractivity contribution in [2.24, 2.45) is 0 Å². The lowest BCUT2D eigenvalue weighted by Gasteiger charge is -2.28. The van der Waals surface area contributed by atoms with Crippen LogP contribution in [-0.4, -0.2) is 90.9 Å². The highest BCUT2D eigenvalue weighted by atomic mass is 16.2. The summed E-state index contributed by atoms with van der Waals surface area (Å²) in [4.78, 5) is 40.5. The fraction of sp³-hybridized carbons (Fsp3) is 0.650. The van der Waals surface area contributed by atoms with Gasteiger partial charge in [0.15, 0.2) is 0 Å². The van der Waals surface area contributed by atoms with Gasteiger partial charge in [-0.25, -0.2) is 9.50 Å². The quantitative estimate of drug-likeness (QED) is 0.742. The summed E-state index contributed by atoms with van der Waals surface area (Å²) in [6.45, 7) is 11.5. The van der Waals surface area contributed by atoms with E-state index in [1.165, 1.54) is 0 Å². The van der Waals surface area contributed by atoms with Crippen molar-refractivity contribution in [1.29, 1.82) is 0 Å². The third-order valence-corrected chi connectivity index (χ3v) is 6.14. The third-order valence-electron chi connectivity index (χ3n) is 6.14. The predicted octanol–water partition coefficient (Wildman–Crippen LogP) is 0.898. The first-order valence-corrected chi connectivity index (χ1v) is 10.5. The molecule has 0 saturated carbocycles. The smallest absolute Gasteiger partial charge is 0.293 e. The van der Waals surface area contributed by atoms with Crippen LogP contribution < -0.4 is 0 Å². The molecule has 2 aromatic rings. The Balaban J connectivity index is 1.50. The van der Waals surface area contributed by atoms with Crippen molar-refractivity contribution >= 4 is 17.6 Å². The molecule has 2 fully saturated rings. The number of aromatic nitrogens is 4. The summed E-state index contributed by atoms with van der Waals surface area (Å²) in [6.07, 6.45) is 1.73. The molecule has 2 aromatic heterocycles. The molecule has 2 aliphatic rings. The zero-order valence-electron chi connectivity index (χ0n) is 17.6. The molecule has 156 valence electrons. The Labute approximate surface area is 170 Å². The second-order valence-electron chi connectivity index (χ2n) is 7.94. The summed E-state index contributed by atoms with van der Waals surface area (Å²) in [5.74, 6) is 0.683. The largest absolute Gasteiger partial charge is 0.342 e. The van der Waals surface area contributed by atoms with E-state index < -0.39 is 0 Å². The van der Waals surface area contributed by atoms with Crippen LogP contribution in [0.2, 0.25) is 0 Å². The number of hydrogen-bond acceptors (Lipinski definition) is 6. The molecule has 2 atom stereocenters. The lowest BCUT2D eigenvalue weighted by Crippen LogP contribution is -2.45. The standard InChI is InChI=1S/C20H29N7O2/c1-5-24-10-8-16(18(24)28)25-9-7-15(12-25)26(6-2)19(29)17-22-20-21-13(3)11-14(4)27(20)23-17/h11,15-16H,5-10,12H2,1-4H3. The molecule has 0 aliphatic carbocycles. The number of fused-ring (bicyclic) bond motifs is 1. The van der Waals surface area contributed by atoms with E-state index >= 15 is 0 Å².